The quantitative estimate of drug-likeness (QED) is 0.422. The molecule has 7 heteroatoms. The van der Waals surface area contributed by atoms with Crippen LogP contribution in [0.15, 0.2) is 67.0 Å². The largest absolute Gasteiger partial charge is 0.324 e. The van der Waals surface area contributed by atoms with E-state index in [1.54, 1.807) is 6.20 Å². The first-order chi connectivity index (χ1) is 16.7. The minimum absolute atomic E-state index is 0.567. The van der Waals surface area contributed by atoms with Crippen LogP contribution in [0.1, 0.15) is 18.1 Å². The molecule has 0 radical (unpaired) electrons. The summed E-state index contributed by atoms with van der Waals surface area (Å²) in [5.74, 6) is 0.567. The molecule has 2 aromatic carbocycles. The highest BCUT2D eigenvalue weighted by Gasteiger charge is 2.16. The molecule has 1 aliphatic heterocycles. The van der Waals surface area contributed by atoms with E-state index >= 15 is 0 Å². The molecule has 2 N–H and O–H groups in total. The van der Waals surface area contributed by atoms with E-state index in [0.717, 1.165) is 67.5 Å². The first-order valence-electron chi connectivity index (χ1n) is 11.9. The van der Waals surface area contributed by atoms with Crippen molar-refractivity contribution in [3.63, 3.8) is 0 Å². The molecule has 1 fully saturated rings. The predicted molar refractivity (Wildman–Crippen MR) is 137 cm³/mol. The second-order valence-electron chi connectivity index (χ2n) is 8.81. The molecule has 2 aromatic heterocycles. The van der Waals surface area contributed by atoms with Gasteiger partial charge in [-0.15, -0.1) is 0 Å². The molecule has 0 aliphatic carbocycles. The first-order valence-corrected chi connectivity index (χ1v) is 11.9. The van der Waals surface area contributed by atoms with Gasteiger partial charge in [0.05, 0.1) is 5.69 Å². The van der Waals surface area contributed by atoms with Gasteiger partial charge in [-0.05, 0) is 37.2 Å². The average molecular weight is 454 g/mol. The summed E-state index contributed by atoms with van der Waals surface area (Å²) in [6, 6.07) is 18.8. The van der Waals surface area contributed by atoms with Gasteiger partial charge in [-0.25, -0.2) is 9.97 Å². The Hall–Kier alpha value is -3.55. The number of nitrogens with zero attached hydrogens (tertiary/aromatic N) is 5. The van der Waals surface area contributed by atoms with E-state index in [2.05, 4.69) is 92.7 Å². The Labute approximate surface area is 200 Å². The summed E-state index contributed by atoms with van der Waals surface area (Å²) in [7, 11) is 0. The lowest BCUT2D eigenvalue weighted by Crippen LogP contribution is -2.45. The van der Waals surface area contributed by atoms with Gasteiger partial charge in [0.1, 0.15) is 5.69 Å². The molecule has 34 heavy (non-hydrogen) atoms. The lowest BCUT2D eigenvalue weighted by molar-refractivity contribution is 0.132. The Morgan fingerprint density at radius 2 is 1.65 bits per heavy atom. The molecule has 1 saturated heterocycles. The van der Waals surface area contributed by atoms with E-state index in [0.29, 0.717) is 5.95 Å². The zero-order valence-electron chi connectivity index (χ0n) is 19.8. The molecule has 0 unspecified atom stereocenters. The van der Waals surface area contributed by atoms with Gasteiger partial charge in [0, 0.05) is 61.9 Å². The maximum Gasteiger partial charge on any atom is 0.227 e. The normalized spacial score (nSPS) is 14.9. The van der Waals surface area contributed by atoms with Crippen molar-refractivity contribution in [2.45, 2.75) is 20.4 Å². The minimum Gasteiger partial charge on any atom is -0.324 e. The molecule has 0 saturated carbocycles. The summed E-state index contributed by atoms with van der Waals surface area (Å²) in [4.78, 5) is 14.2. The molecule has 5 rings (SSSR count). The van der Waals surface area contributed by atoms with Gasteiger partial charge in [0.15, 0.2) is 0 Å². The zero-order valence-corrected chi connectivity index (χ0v) is 19.8. The number of anilines is 2. The van der Waals surface area contributed by atoms with Crippen LogP contribution in [0, 0.1) is 6.92 Å². The summed E-state index contributed by atoms with van der Waals surface area (Å²) >= 11 is 0. The van der Waals surface area contributed by atoms with Crippen molar-refractivity contribution in [3.05, 3.63) is 78.1 Å². The summed E-state index contributed by atoms with van der Waals surface area (Å²) in [5, 5.41) is 10.8. The van der Waals surface area contributed by atoms with Crippen molar-refractivity contribution in [1.29, 1.82) is 0 Å². The molecule has 0 bridgehead atoms. The molecule has 4 aromatic rings. The SMILES string of the molecule is CCN1CCN(Cc2ccc(Nc3nccc(-c4c[nH]nc4-c4ccc(C)cc4)n3)cc2)CC1. The van der Waals surface area contributed by atoms with Gasteiger partial charge in [0.25, 0.3) is 0 Å². The Bertz CT molecular complexity index is 1210. The summed E-state index contributed by atoms with van der Waals surface area (Å²) in [6.45, 7) is 11.0. The number of aromatic amines is 1. The van der Waals surface area contributed by atoms with Gasteiger partial charge < -0.3 is 10.2 Å². The highest BCUT2D eigenvalue weighted by molar-refractivity contribution is 5.78. The zero-order chi connectivity index (χ0) is 23.3. The van der Waals surface area contributed by atoms with Crippen LogP contribution in [0.2, 0.25) is 0 Å². The molecule has 1 aliphatic rings. The molecular weight excluding hydrogens is 422 g/mol. The lowest BCUT2D eigenvalue weighted by atomic mass is 10.0. The topological polar surface area (TPSA) is 73.0 Å². The van der Waals surface area contributed by atoms with Crippen molar-refractivity contribution in [2.24, 2.45) is 0 Å². The number of nitrogens with one attached hydrogen (secondary N) is 2. The fraction of sp³-hybridized carbons (Fsp3) is 0.296. The number of aromatic nitrogens is 4. The fourth-order valence-electron chi connectivity index (χ4n) is 4.33. The van der Waals surface area contributed by atoms with Crippen LogP contribution in [-0.4, -0.2) is 62.7 Å². The number of benzene rings is 2. The molecule has 174 valence electrons. The third-order valence-corrected chi connectivity index (χ3v) is 6.43. The number of likely N-dealkylation sites (N-methyl/N-ethyl adjacent to an activating group) is 1. The molecule has 3 heterocycles. The maximum absolute atomic E-state index is 4.75. The van der Waals surface area contributed by atoms with Crippen LogP contribution in [0.3, 0.4) is 0 Å². The minimum atomic E-state index is 0.567. The number of hydrogen-bond acceptors (Lipinski definition) is 6. The standard InChI is InChI=1S/C27H31N7/c1-3-33-14-16-34(17-15-33)19-21-6-10-23(11-7-21)30-27-28-13-12-25(31-27)24-18-29-32-26(24)22-8-4-20(2)5-9-22/h4-13,18H,3,14-17,19H2,1-2H3,(H,29,32)(H,28,30,31). The van der Waals surface area contributed by atoms with Crippen molar-refractivity contribution in [1.82, 2.24) is 30.0 Å². The van der Waals surface area contributed by atoms with E-state index in [1.165, 1.54) is 11.1 Å². The number of rotatable bonds is 7. The summed E-state index contributed by atoms with van der Waals surface area (Å²) in [6.07, 6.45) is 3.66. The van der Waals surface area contributed by atoms with E-state index in [1.807, 2.05) is 12.3 Å². The second-order valence-corrected chi connectivity index (χ2v) is 8.81. The van der Waals surface area contributed by atoms with Gasteiger partial charge in [-0.2, -0.15) is 5.10 Å². The van der Waals surface area contributed by atoms with Crippen molar-refractivity contribution in [3.8, 4) is 22.5 Å². The number of aryl methyl sites for hydroxylation is 1. The Balaban J connectivity index is 1.26. The van der Waals surface area contributed by atoms with Gasteiger partial charge in [-0.1, -0.05) is 48.9 Å². The summed E-state index contributed by atoms with van der Waals surface area (Å²) in [5.41, 5.74) is 7.24. The highest BCUT2D eigenvalue weighted by atomic mass is 15.3. The smallest absolute Gasteiger partial charge is 0.227 e. The Kier molecular flexibility index (Phi) is 6.65. The van der Waals surface area contributed by atoms with Gasteiger partial charge in [0.2, 0.25) is 5.95 Å². The Morgan fingerprint density at radius 3 is 2.38 bits per heavy atom. The first kappa shape index (κ1) is 22.3. The summed E-state index contributed by atoms with van der Waals surface area (Å²) < 4.78 is 0. The number of H-pyrrole nitrogens is 1. The van der Waals surface area contributed by atoms with Crippen LogP contribution in [0.25, 0.3) is 22.5 Å². The molecule has 0 amide bonds. The fourth-order valence-corrected chi connectivity index (χ4v) is 4.33. The molecular formula is C27H31N7. The van der Waals surface area contributed by atoms with E-state index in [-0.39, 0.29) is 0 Å². The maximum atomic E-state index is 4.75. The highest BCUT2D eigenvalue weighted by Crippen LogP contribution is 2.29. The molecule has 7 nitrogen and oxygen atoms in total. The second kappa shape index (κ2) is 10.2. The monoisotopic (exact) mass is 453 g/mol. The number of piperazine rings is 1. The van der Waals surface area contributed by atoms with Crippen molar-refractivity contribution < 1.29 is 0 Å². The van der Waals surface area contributed by atoms with E-state index in [4.69, 9.17) is 4.98 Å². The van der Waals surface area contributed by atoms with Gasteiger partial charge in [-0.3, -0.25) is 10.00 Å². The van der Waals surface area contributed by atoms with Crippen molar-refractivity contribution >= 4 is 11.6 Å². The van der Waals surface area contributed by atoms with E-state index in [9.17, 15) is 0 Å². The van der Waals surface area contributed by atoms with Crippen LogP contribution >= 0.6 is 0 Å². The van der Waals surface area contributed by atoms with Crippen LogP contribution in [0.5, 0.6) is 0 Å². The van der Waals surface area contributed by atoms with Crippen LogP contribution < -0.4 is 5.32 Å². The third-order valence-electron chi connectivity index (χ3n) is 6.43. The Morgan fingerprint density at radius 1 is 0.912 bits per heavy atom. The van der Waals surface area contributed by atoms with Crippen LogP contribution in [-0.2, 0) is 6.54 Å². The van der Waals surface area contributed by atoms with Gasteiger partial charge >= 0.3 is 0 Å². The third kappa shape index (κ3) is 5.16. The molecule has 0 atom stereocenters. The lowest BCUT2D eigenvalue weighted by Gasteiger charge is -2.34. The average Bonchev–Trinajstić information content (AvgIpc) is 3.36. The molecule has 0 spiro atoms. The number of hydrogen-bond donors (Lipinski definition) is 2. The van der Waals surface area contributed by atoms with Crippen molar-refractivity contribution in [2.75, 3.05) is 38.0 Å². The van der Waals surface area contributed by atoms with Crippen LogP contribution in [0.4, 0.5) is 11.6 Å². The van der Waals surface area contributed by atoms with E-state index < -0.39 is 0 Å². The predicted octanol–water partition coefficient (Wildman–Crippen LogP) is 4.72.